The van der Waals surface area contributed by atoms with Crippen LogP contribution in [0, 0.1) is 20.8 Å². The maximum absolute atomic E-state index is 13.5. The van der Waals surface area contributed by atoms with Crippen molar-refractivity contribution in [3.05, 3.63) is 109 Å². The van der Waals surface area contributed by atoms with Gasteiger partial charge in [0.1, 0.15) is 28.6 Å². The van der Waals surface area contributed by atoms with Crippen molar-refractivity contribution in [1.29, 1.82) is 0 Å². The van der Waals surface area contributed by atoms with E-state index in [1.807, 2.05) is 35.8 Å². The van der Waals surface area contributed by atoms with Gasteiger partial charge in [0.25, 0.3) is 11.5 Å². The van der Waals surface area contributed by atoms with Crippen LogP contribution in [0.2, 0.25) is 5.02 Å². The van der Waals surface area contributed by atoms with Gasteiger partial charge in [-0.1, -0.05) is 41.1 Å². The number of anilines is 1. The van der Waals surface area contributed by atoms with Gasteiger partial charge in [-0.25, -0.2) is 9.36 Å². The molecule has 3 amide bonds. The quantitative estimate of drug-likeness (QED) is 0.0933. The molecule has 1 fully saturated rings. The molecule has 2 aliphatic rings. The van der Waals surface area contributed by atoms with Crippen LogP contribution < -0.4 is 21.5 Å². The number of aliphatic imine (C=N–C) groups is 1. The minimum Gasteiger partial charge on any atom is -0.379 e. The number of carbonyl (C=O) groups is 3. The molecule has 1 saturated heterocycles. The van der Waals surface area contributed by atoms with Gasteiger partial charge >= 0.3 is 0 Å². The summed E-state index contributed by atoms with van der Waals surface area (Å²) in [6, 6.07) is 11.5. The van der Waals surface area contributed by atoms with Crippen molar-refractivity contribution in [2.45, 2.75) is 65.2 Å². The Labute approximate surface area is 358 Å². The summed E-state index contributed by atoms with van der Waals surface area (Å²) in [5.41, 5.74) is 4.60. The molecule has 6 heterocycles. The lowest BCUT2D eigenvalue weighted by Crippen LogP contribution is -2.45. The number of rotatable bonds is 16. The van der Waals surface area contributed by atoms with Crippen molar-refractivity contribution in [3.8, 4) is 5.00 Å². The molecule has 1 unspecified atom stereocenters. The van der Waals surface area contributed by atoms with Crippen LogP contribution in [0.4, 0.5) is 5.69 Å². The summed E-state index contributed by atoms with van der Waals surface area (Å²) in [6.45, 7) is 8.53. The summed E-state index contributed by atoms with van der Waals surface area (Å²) in [5, 5.41) is 32.6. The topological polar surface area (TPSA) is 214 Å². The van der Waals surface area contributed by atoms with Gasteiger partial charge in [0, 0.05) is 45.1 Å². The van der Waals surface area contributed by atoms with Gasteiger partial charge in [0.05, 0.1) is 69.4 Å². The molecule has 8 rings (SSSR count). The highest BCUT2D eigenvalue weighted by Crippen LogP contribution is 2.39. The van der Waals surface area contributed by atoms with E-state index in [0.29, 0.717) is 79.1 Å². The molecule has 2 atom stereocenters. The van der Waals surface area contributed by atoms with E-state index < -0.39 is 23.6 Å². The highest BCUT2D eigenvalue weighted by molar-refractivity contribution is 7.15. The number of nitrogens with zero attached hydrogens (tertiary/aromatic N) is 9. The molecule has 0 bridgehead atoms. The Kier molecular flexibility index (Phi) is 12.4. The van der Waals surface area contributed by atoms with Crippen molar-refractivity contribution >= 4 is 62.8 Å². The second-order valence-corrected chi connectivity index (χ2v) is 16.3. The number of halogens is 1. The van der Waals surface area contributed by atoms with E-state index >= 15 is 0 Å². The Morgan fingerprint density at radius 1 is 1.00 bits per heavy atom. The van der Waals surface area contributed by atoms with Crippen LogP contribution in [0.5, 0.6) is 0 Å². The first-order valence-corrected chi connectivity index (χ1v) is 21.0. The number of carbonyl (C=O) groups excluding carboxylic acids is 3. The average molecular weight is 867 g/mol. The monoisotopic (exact) mass is 866 g/mol. The van der Waals surface area contributed by atoms with E-state index in [1.54, 1.807) is 40.4 Å². The predicted octanol–water partition coefficient (Wildman–Crippen LogP) is 3.93. The maximum Gasteiger partial charge on any atom is 0.277 e. The summed E-state index contributed by atoms with van der Waals surface area (Å²) in [5.74, 6) is 0.256. The Morgan fingerprint density at radius 3 is 2.61 bits per heavy atom. The van der Waals surface area contributed by atoms with E-state index in [-0.39, 0.29) is 31.1 Å². The smallest absolute Gasteiger partial charge is 0.277 e. The Bertz CT molecular complexity index is 2710. The number of hydrogen-bond donors (Lipinski definition) is 3. The molecule has 61 heavy (non-hydrogen) atoms. The molecule has 20 heteroatoms. The van der Waals surface area contributed by atoms with Gasteiger partial charge in [0.2, 0.25) is 11.8 Å². The van der Waals surface area contributed by atoms with Crippen LogP contribution in [0.1, 0.15) is 70.3 Å². The largest absolute Gasteiger partial charge is 0.379 e. The lowest BCUT2D eigenvalue weighted by atomic mass is 9.99. The van der Waals surface area contributed by atoms with Crippen molar-refractivity contribution in [3.63, 3.8) is 0 Å². The first kappa shape index (κ1) is 41.6. The van der Waals surface area contributed by atoms with E-state index in [9.17, 15) is 19.2 Å². The second-order valence-electron chi connectivity index (χ2n) is 14.6. The van der Waals surface area contributed by atoms with Gasteiger partial charge in [-0.2, -0.15) is 5.10 Å². The summed E-state index contributed by atoms with van der Waals surface area (Å²) < 4.78 is 16.3. The van der Waals surface area contributed by atoms with Gasteiger partial charge in [-0.05, 0) is 51.0 Å². The zero-order valence-electron chi connectivity index (χ0n) is 33.7. The molecule has 18 nitrogen and oxygen atoms in total. The second kappa shape index (κ2) is 18.2. The number of hydrogen-bond acceptors (Lipinski definition) is 14. The zero-order chi connectivity index (χ0) is 42.6. The highest BCUT2D eigenvalue weighted by atomic mass is 35.5. The minimum atomic E-state index is -0.862. The van der Waals surface area contributed by atoms with Crippen LogP contribution in [-0.4, -0.2) is 95.9 Å². The fraction of sp³-hybridized carbons (Fsp3) is 0.366. The fourth-order valence-corrected chi connectivity index (χ4v) is 8.67. The summed E-state index contributed by atoms with van der Waals surface area (Å²) in [7, 11) is 0. The van der Waals surface area contributed by atoms with Crippen molar-refractivity contribution in [2.75, 3.05) is 38.3 Å². The van der Waals surface area contributed by atoms with Crippen LogP contribution in [-0.2, 0) is 36.9 Å². The Morgan fingerprint density at radius 2 is 1.80 bits per heavy atom. The summed E-state index contributed by atoms with van der Waals surface area (Å²) in [4.78, 5) is 57.1. The number of benzene rings is 2. The first-order chi connectivity index (χ1) is 29.5. The summed E-state index contributed by atoms with van der Waals surface area (Å²) >= 11 is 7.88. The molecule has 316 valence electrons. The zero-order valence-corrected chi connectivity index (χ0v) is 35.3. The van der Waals surface area contributed by atoms with Crippen molar-refractivity contribution in [1.82, 2.24) is 50.2 Å². The van der Waals surface area contributed by atoms with Gasteiger partial charge in [-0.15, -0.1) is 26.6 Å². The lowest BCUT2D eigenvalue weighted by molar-refractivity contribution is -0.136. The average Bonchev–Trinajstić information content (AvgIpc) is 3.92. The van der Waals surface area contributed by atoms with Gasteiger partial charge < -0.3 is 20.1 Å². The van der Waals surface area contributed by atoms with E-state index in [2.05, 4.69) is 55.4 Å². The molecule has 0 radical (unpaired) electrons. The lowest BCUT2D eigenvalue weighted by Gasteiger charge is -2.22. The van der Waals surface area contributed by atoms with Crippen LogP contribution in [0.3, 0.4) is 0 Å². The number of amides is 3. The van der Waals surface area contributed by atoms with Crippen LogP contribution in [0.25, 0.3) is 15.8 Å². The Balaban J connectivity index is 0.774. The number of ether oxygens (including phenoxy) is 2. The number of thiophene rings is 1. The van der Waals surface area contributed by atoms with Gasteiger partial charge in [0.15, 0.2) is 5.82 Å². The number of imide groups is 1. The van der Waals surface area contributed by atoms with Crippen molar-refractivity contribution in [2.24, 2.45) is 4.99 Å². The molecule has 3 N–H and O–H groups in total. The number of fused-ring (bicyclic) bond motifs is 4. The van der Waals surface area contributed by atoms with Crippen molar-refractivity contribution < 1.29 is 23.9 Å². The van der Waals surface area contributed by atoms with Crippen LogP contribution in [0.15, 0.2) is 64.6 Å². The molecule has 6 aromatic rings. The standard InChI is InChI=1S/C41H43ClN12O6S/c1-23-24(2)61-41-35(23)37(26-7-9-28(42)10-8-26)46-31(38-50-48-25(3)53(38)41)19-34(56)43-13-15-59-17-18-60-16-14-52-22-29(49-51-52)21-44-30-6-4-5-27-20-45-54(40(58)36(27)30)32-11-12-33(55)47-39(32)57/h4-10,20,22,31-32,44H,11-19,21H2,1-3H3,(H,43,56)(H,47,55,57)/t31-,32?/m0/s1. The molecular formula is C41H43ClN12O6S. The Hall–Kier alpha value is -6.15. The SMILES string of the molecule is Cc1sc2c(c1C)C(c1ccc(Cl)cc1)=N[C@@H](CC(=O)NCCOCCOCCn1cc(CNc3cccc4cnn(C5CCC(=O)NC5=O)c(=O)c34)nn1)c1nnc(C)n1-2. The molecule has 2 aromatic carbocycles. The summed E-state index contributed by atoms with van der Waals surface area (Å²) in [6.07, 6.45) is 3.74. The number of aryl methyl sites for hydroxylation is 2. The molecule has 4 aromatic heterocycles. The minimum absolute atomic E-state index is 0.0831. The molecular weight excluding hydrogens is 824 g/mol. The number of piperidine rings is 1. The predicted molar refractivity (Wildman–Crippen MR) is 227 cm³/mol. The third-order valence-electron chi connectivity index (χ3n) is 10.5. The molecule has 2 aliphatic heterocycles. The van der Waals surface area contributed by atoms with E-state index in [1.165, 1.54) is 11.1 Å². The van der Waals surface area contributed by atoms with E-state index in [4.69, 9.17) is 26.1 Å². The van der Waals surface area contributed by atoms with E-state index in [0.717, 1.165) is 37.9 Å². The fourth-order valence-electron chi connectivity index (χ4n) is 7.33. The first-order valence-electron chi connectivity index (χ1n) is 19.8. The maximum atomic E-state index is 13.5. The third kappa shape index (κ3) is 9.00. The molecule has 0 aliphatic carbocycles. The van der Waals surface area contributed by atoms with Gasteiger partial charge in [-0.3, -0.25) is 34.1 Å². The normalized spacial score (nSPS) is 16.2. The number of nitrogens with one attached hydrogen (secondary N) is 3. The third-order valence-corrected chi connectivity index (χ3v) is 12.0. The molecule has 0 spiro atoms. The highest BCUT2D eigenvalue weighted by Gasteiger charge is 2.33. The molecule has 0 saturated carbocycles. The van der Waals surface area contributed by atoms with Crippen LogP contribution >= 0.6 is 22.9 Å². The number of aromatic nitrogens is 8.